The van der Waals surface area contributed by atoms with Crippen molar-refractivity contribution in [1.29, 1.82) is 0 Å². The van der Waals surface area contributed by atoms with Gasteiger partial charge in [-0.3, -0.25) is 0 Å². The molecule has 0 saturated carbocycles. The molecule has 2 rings (SSSR count). The van der Waals surface area contributed by atoms with Crippen LogP contribution in [-0.2, 0) is 16.6 Å². The van der Waals surface area contributed by atoms with Crippen LogP contribution in [0, 0.1) is 0 Å². The van der Waals surface area contributed by atoms with Gasteiger partial charge in [-0.25, -0.2) is 8.42 Å². The van der Waals surface area contributed by atoms with Crippen LogP contribution in [0.25, 0.3) is 0 Å². The molecule has 1 aromatic rings. The minimum absolute atomic E-state index is 0.196. The van der Waals surface area contributed by atoms with Crippen molar-refractivity contribution in [2.45, 2.75) is 20.4 Å². The first-order chi connectivity index (χ1) is 10.0. The molecule has 0 aromatic heterocycles. The average Bonchev–Trinajstić information content (AvgIpc) is 2.50. The van der Waals surface area contributed by atoms with Crippen LogP contribution in [0.15, 0.2) is 24.3 Å². The molecule has 1 saturated heterocycles. The van der Waals surface area contributed by atoms with Gasteiger partial charge in [0.25, 0.3) is 0 Å². The molecule has 0 spiro atoms. The van der Waals surface area contributed by atoms with Crippen molar-refractivity contribution in [3.05, 3.63) is 29.8 Å². The van der Waals surface area contributed by atoms with Crippen molar-refractivity contribution < 1.29 is 18.1 Å². The highest BCUT2D eigenvalue weighted by Gasteiger charge is 2.27. The van der Waals surface area contributed by atoms with Crippen LogP contribution in [0.5, 0.6) is 5.75 Å². The van der Waals surface area contributed by atoms with Crippen LogP contribution in [0.4, 0.5) is 0 Å². The Bertz CT molecular complexity index is 535. The van der Waals surface area contributed by atoms with E-state index in [9.17, 15) is 8.42 Å². The van der Waals surface area contributed by atoms with E-state index in [-0.39, 0.29) is 5.75 Å². The summed E-state index contributed by atoms with van der Waals surface area (Å²) in [6, 6.07) is 8.17. The number of piperazine rings is 1. The van der Waals surface area contributed by atoms with Crippen LogP contribution in [0.3, 0.4) is 0 Å². The lowest BCUT2D eigenvalue weighted by molar-refractivity contribution is -0.917. The van der Waals surface area contributed by atoms with Gasteiger partial charge in [-0.15, -0.1) is 0 Å². The maximum atomic E-state index is 11.8. The highest BCUT2D eigenvalue weighted by molar-refractivity contribution is 7.89. The first-order valence-corrected chi connectivity index (χ1v) is 9.19. The van der Waals surface area contributed by atoms with E-state index in [4.69, 9.17) is 4.74 Å². The van der Waals surface area contributed by atoms with E-state index in [2.05, 4.69) is 12.1 Å². The van der Waals surface area contributed by atoms with Crippen molar-refractivity contribution in [2.24, 2.45) is 0 Å². The smallest absolute Gasteiger partial charge is 0.214 e. The molecule has 0 atom stereocenters. The second-order valence-electron chi connectivity index (χ2n) is 5.30. The second-order valence-corrected chi connectivity index (χ2v) is 7.56. The van der Waals surface area contributed by atoms with Crippen molar-refractivity contribution in [1.82, 2.24) is 4.31 Å². The van der Waals surface area contributed by atoms with Crippen LogP contribution in [0.2, 0.25) is 0 Å². The lowest BCUT2D eigenvalue weighted by atomic mass is 10.2. The molecule has 118 valence electrons. The number of nitrogens with zero attached hydrogens (tertiary/aromatic N) is 1. The third kappa shape index (κ3) is 4.43. The maximum absolute atomic E-state index is 11.8. The van der Waals surface area contributed by atoms with E-state index in [1.54, 1.807) is 11.2 Å². The third-order valence-corrected chi connectivity index (χ3v) is 5.76. The number of hydrogen-bond acceptors (Lipinski definition) is 3. The van der Waals surface area contributed by atoms with E-state index >= 15 is 0 Å². The van der Waals surface area contributed by atoms with Gasteiger partial charge in [0.2, 0.25) is 10.0 Å². The Kier molecular flexibility index (Phi) is 5.61. The summed E-state index contributed by atoms with van der Waals surface area (Å²) in [5, 5.41) is 0. The standard InChI is InChI=1S/C15H24N2O3S/c1-3-20-15-7-5-14(6-8-15)13-16-9-11-17(12-10-16)21(18,19)4-2/h5-8H,3-4,9-13H2,1-2H3/p+1. The molecule has 21 heavy (non-hydrogen) atoms. The highest BCUT2D eigenvalue weighted by Crippen LogP contribution is 2.11. The minimum Gasteiger partial charge on any atom is -0.494 e. The first-order valence-electron chi connectivity index (χ1n) is 7.58. The van der Waals surface area contributed by atoms with Crippen molar-refractivity contribution in [3.63, 3.8) is 0 Å². The highest BCUT2D eigenvalue weighted by atomic mass is 32.2. The predicted octanol–water partition coefficient (Wildman–Crippen LogP) is 0.136. The zero-order valence-corrected chi connectivity index (χ0v) is 13.7. The average molecular weight is 313 g/mol. The second kappa shape index (κ2) is 7.24. The lowest BCUT2D eigenvalue weighted by Crippen LogP contribution is -3.13. The molecule has 1 aliphatic rings. The minimum atomic E-state index is -3.03. The number of ether oxygens (including phenoxy) is 1. The summed E-state index contributed by atoms with van der Waals surface area (Å²) in [6.07, 6.45) is 0. The largest absolute Gasteiger partial charge is 0.494 e. The van der Waals surface area contributed by atoms with Gasteiger partial charge in [0.15, 0.2) is 0 Å². The predicted molar refractivity (Wildman–Crippen MR) is 83.0 cm³/mol. The van der Waals surface area contributed by atoms with Crippen LogP contribution >= 0.6 is 0 Å². The Morgan fingerprint density at radius 2 is 1.76 bits per heavy atom. The molecular formula is C15H25N2O3S+. The fraction of sp³-hybridized carbons (Fsp3) is 0.600. The molecule has 0 aliphatic carbocycles. The normalized spacial score (nSPS) is 17.8. The Balaban J connectivity index is 1.86. The molecule has 1 aliphatic heterocycles. The summed E-state index contributed by atoms with van der Waals surface area (Å²) in [6.45, 7) is 8.28. The van der Waals surface area contributed by atoms with Crippen molar-refractivity contribution >= 4 is 10.0 Å². The number of nitrogens with one attached hydrogen (secondary N) is 1. The molecular weight excluding hydrogens is 288 g/mol. The number of quaternary nitrogens is 1. The molecule has 0 bridgehead atoms. The molecule has 1 N–H and O–H groups in total. The van der Waals surface area contributed by atoms with Crippen molar-refractivity contribution in [2.75, 3.05) is 38.5 Å². The molecule has 5 nitrogen and oxygen atoms in total. The van der Waals surface area contributed by atoms with Crippen LogP contribution < -0.4 is 9.64 Å². The van der Waals surface area contributed by atoms with Crippen LogP contribution in [0.1, 0.15) is 19.4 Å². The Hall–Kier alpha value is -1.11. The molecule has 1 fully saturated rings. The zero-order chi connectivity index (χ0) is 15.3. The first kappa shape index (κ1) is 16.3. The molecule has 1 heterocycles. The molecule has 6 heteroatoms. The van der Waals surface area contributed by atoms with E-state index in [1.165, 1.54) is 10.5 Å². The van der Waals surface area contributed by atoms with Crippen molar-refractivity contribution in [3.8, 4) is 5.75 Å². The quantitative estimate of drug-likeness (QED) is 0.812. The summed E-state index contributed by atoms with van der Waals surface area (Å²) in [5.74, 6) is 1.09. The molecule has 0 unspecified atom stereocenters. The monoisotopic (exact) mass is 313 g/mol. The number of rotatable bonds is 6. The lowest BCUT2D eigenvalue weighted by Gasteiger charge is -2.31. The Morgan fingerprint density at radius 3 is 2.29 bits per heavy atom. The molecule has 0 amide bonds. The zero-order valence-electron chi connectivity index (χ0n) is 12.8. The summed E-state index contributed by atoms with van der Waals surface area (Å²) in [7, 11) is -3.03. The fourth-order valence-electron chi connectivity index (χ4n) is 2.60. The summed E-state index contributed by atoms with van der Waals surface area (Å²) >= 11 is 0. The van der Waals surface area contributed by atoms with Gasteiger partial charge in [-0.05, 0) is 38.1 Å². The van der Waals surface area contributed by atoms with E-state index in [1.807, 2.05) is 19.1 Å². The number of sulfonamides is 1. The van der Waals surface area contributed by atoms with Gasteiger partial charge in [0, 0.05) is 5.56 Å². The van der Waals surface area contributed by atoms with Gasteiger partial charge < -0.3 is 9.64 Å². The summed E-state index contributed by atoms with van der Waals surface area (Å²) < 4.78 is 30.7. The molecule has 0 radical (unpaired) electrons. The maximum Gasteiger partial charge on any atom is 0.214 e. The topological polar surface area (TPSA) is 51.1 Å². The van der Waals surface area contributed by atoms with Gasteiger partial charge in [0.1, 0.15) is 12.3 Å². The van der Waals surface area contributed by atoms with Gasteiger partial charge in [-0.1, -0.05) is 0 Å². The number of benzene rings is 1. The van der Waals surface area contributed by atoms with E-state index < -0.39 is 10.0 Å². The summed E-state index contributed by atoms with van der Waals surface area (Å²) in [5.41, 5.74) is 1.26. The molecule has 1 aromatic carbocycles. The van der Waals surface area contributed by atoms with Gasteiger partial charge in [-0.2, -0.15) is 4.31 Å². The third-order valence-electron chi connectivity index (χ3n) is 3.88. The summed E-state index contributed by atoms with van der Waals surface area (Å²) in [4.78, 5) is 1.43. The Labute approximate surface area is 127 Å². The number of hydrogen-bond donors (Lipinski definition) is 1. The Morgan fingerprint density at radius 1 is 1.14 bits per heavy atom. The van der Waals surface area contributed by atoms with E-state index in [0.717, 1.165) is 25.4 Å². The van der Waals surface area contributed by atoms with E-state index in [0.29, 0.717) is 19.7 Å². The van der Waals surface area contributed by atoms with Gasteiger partial charge in [0.05, 0.1) is 38.5 Å². The SMILES string of the molecule is CCOc1ccc(C[NH+]2CCN(S(=O)(=O)CC)CC2)cc1. The fourth-order valence-corrected chi connectivity index (χ4v) is 3.70. The van der Waals surface area contributed by atoms with Crippen LogP contribution in [-0.4, -0.2) is 51.3 Å². The van der Waals surface area contributed by atoms with Gasteiger partial charge >= 0.3 is 0 Å².